The molecule has 1 saturated heterocycles. The highest BCUT2D eigenvalue weighted by Crippen LogP contribution is 2.35. The zero-order chi connectivity index (χ0) is 10.4. The molecule has 0 spiro atoms. The van der Waals surface area contributed by atoms with Gasteiger partial charge in [-0.1, -0.05) is 33.6 Å². The zero-order valence-electron chi connectivity index (χ0n) is 10.3. The van der Waals surface area contributed by atoms with Gasteiger partial charge >= 0.3 is 0 Å². The minimum Gasteiger partial charge on any atom is -0.298 e. The van der Waals surface area contributed by atoms with Gasteiger partial charge in [0, 0.05) is 5.54 Å². The molecule has 0 aromatic rings. The molecule has 1 fully saturated rings. The van der Waals surface area contributed by atoms with Crippen LogP contribution in [0.2, 0.25) is 0 Å². The first-order valence-corrected chi connectivity index (χ1v) is 6.54. The number of likely N-dealkylation sites (tertiary alicyclic amines) is 1. The number of rotatable bonds is 5. The van der Waals surface area contributed by atoms with Crippen LogP contribution in [-0.2, 0) is 0 Å². The average Bonchev–Trinajstić information content (AvgIpc) is 2.22. The lowest BCUT2D eigenvalue weighted by atomic mass is 9.80. The van der Waals surface area contributed by atoms with Crippen LogP contribution in [0.1, 0.15) is 65.7 Å². The Hall–Kier alpha value is -0.0400. The van der Waals surface area contributed by atoms with Crippen LogP contribution in [0.3, 0.4) is 0 Å². The molecule has 0 saturated carbocycles. The summed E-state index contributed by atoms with van der Waals surface area (Å²) in [6, 6.07) is 0. The molecule has 0 aromatic heterocycles. The van der Waals surface area contributed by atoms with Crippen molar-refractivity contribution in [3.63, 3.8) is 0 Å². The molecule has 1 heterocycles. The number of hydrogen-bond donors (Lipinski definition) is 0. The molecule has 14 heavy (non-hydrogen) atoms. The summed E-state index contributed by atoms with van der Waals surface area (Å²) in [7, 11) is 0. The molecule has 1 aliphatic heterocycles. The summed E-state index contributed by atoms with van der Waals surface area (Å²) in [6.07, 6.45) is 9.72. The second-order valence-corrected chi connectivity index (χ2v) is 4.77. The van der Waals surface area contributed by atoms with Gasteiger partial charge in [-0.25, -0.2) is 0 Å². The maximum absolute atomic E-state index is 2.78. The van der Waals surface area contributed by atoms with E-state index in [0.29, 0.717) is 5.54 Å². The molecule has 0 radical (unpaired) electrons. The van der Waals surface area contributed by atoms with Crippen molar-refractivity contribution in [3.8, 4) is 0 Å². The highest BCUT2D eigenvalue weighted by molar-refractivity contribution is 4.92. The van der Waals surface area contributed by atoms with Gasteiger partial charge in [0.05, 0.1) is 0 Å². The van der Waals surface area contributed by atoms with Gasteiger partial charge in [0.25, 0.3) is 0 Å². The van der Waals surface area contributed by atoms with Gasteiger partial charge in [-0.05, 0) is 45.2 Å². The summed E-state index contributed by atoms with van der Waals surface area (Å²) < 4.78 is 0. The Morgan fingerprint density at radius 2 is 1.86 bits per heavy atom. The van der Waals surface area contributed by atoms with E-state index in [4.69, 9.17) is 0 Å². The lowest BCUT2D eigenvalue weighted by Crippen LogP contribution is -2.51. The lowest BCUT2D eigenvalue weighted by molar-refractivity contribution is 0.0344. The third-order valence-electron chi connectivity index (χ3n) is 3.86. The van der Waals surface area contributed by atoms with E-state index < -0.39 is 0 Å². The first-order valence-electron chi connectivity index (χ1n) is 6.54. The molecular weight excluding hydrogens is 170 g/mol. The minimum atomic E-state index is 0.572. The van der Waals surface area contributed by atoms with Crippen LogP contribution in [0, 0.1) is 0 Å². The molecule has 0 aromatic carbocycles. The van der Waals surface area contributed by atoms with Crippen LogP contribution < -0.4 is 0 Å². The Kier molecular flexibility index (Phi) is 4.94. The molecule has 1 nitrogen and oxygen atoms in total. The van der Waals surface area contributed by atoms with Crippen molar-refractivity contribution in [2.45, 2.75) is 71.3 Å². The van der Waals surface area contributed by atoms with Gasteiger partial charge in [-0.15, -0.1) is 0 Å². The SMILES string of the molecule is CCCN1CCCCC1(CC)CCC. The first kappa shape index (κ1) is 12.0. The van der Waals surface area contributed by atoms with Crippen molar-refractivity contribution in [2.75, 3.05) is 13.1 Å². The highest BCUT2D eigenvalue weighted by atomic mass is 15.2. The Bertz CT molecular complexity index is 149. The summed E-state index contributed by atoms with van der Waals surface area (Å²) in [5, 5.41) is 0. The molecule has 0 aliphatic carbocycles. The molecule has 84 valence electrons. The lowest BCUT2D eigenvalue weighted by Gasteiger charge is -2.47. The van der Waals surface area contributed by atoms with E-state index in [1.807, 2.05) is 0 Å². The Labute approximate surface area is 89.9 Å². The van der Waals surface area contributed by atoms with Crippen molar-refractivity contribution in [1.29, 1.82) is 0 Å². The number of nitrogens with zero attached hydrogens (tertiary/aromatic N) is 1. The monoisotopic (exact) mass is 197 g/mol. The Morgan fingerprint density at radius 3 is 2.43 bits per heavy atom. The average molecular weight is 197 g/mol. The van der Waals surface area contributed by atoms with E-state index in [0.717, 1.165) is 0 Å². The number of hydrogen-bond acceptors (Lipinski definition) is 1. The molecule has 0 N–H and O–H groups in total. The summed E-state index contributed by atoms with van der Waals surface area (Å²) in [4.78, 5) is 2.78. The van der Waals surface area contributed by atoms with Crippen molar-refractivity contribution in [1.82, 2.24) is 4.90 Å². The first-order chi connectivity index (χ1) is 6.79. The molecular formula is C13H27N. The Balaban J connectivity index is 2.65. The van der Waals surface area contributed by atoms with E-state index in [-0.39, 0.29) is 0 Å². The van der Waals surface area contributed by atoms with E-state index in [9.17, 15) is 0 Å². The highest BCUT2D eigenvalue weighted by Gasteiger charge is 2.35. The standard InChI is InChI=1S/C13H27N/c1-4-9-13(6-3)10-7-8-12-14(13)11-5-2/h4-12H2,1-3H3. The zero-order valence-corrected chi connectivity index (χ0v) is 10.3. The molecule has 1 atom stereocenters. The van der Waals surface area contributed by atoms with Crippen molar-refractivity contribution in [3.05, 3.63) is 0 Å². The fraction of sp³-hybridized carbons (Fsp3) is 1.00. The van der Waals surface area contributed by atoms with Crippen molar-refractivity contribution in [2.24, 2.45) is 0 Å². The third-order valence-corrected chi connectivity index (χ3v) is 3.86. The van der Waals surface area contributed by atoms with Crippen molar-refractivity contribution < 1.29 is 0 Å². The van der Waals surface area contributed by atoms with Crippen LogP contribution >= 0.6 is 0 Å². The van der Waals surface area contributed by atoms with Gasteiger partial charge in [-0.2, -0.15) is 0 Å². The fourth-order valence-electron chi connectivity index (χ4n) is 3.10. The summed E-state index contributed by atoms with van der Waals surface area (Å²) >= 11 is 0. The Morgan fingerprint density at radius 1 is 1.07 bits per heavy atom. The van der Waals surface area contributed by atoms with Gasteiger partial charge in [0.15, 0.2) is 0 Å². The van der Waals surface area contributed by atoms with Crippen LogP contribution in [0.4, 0.5) is 0 Å². The van der Waals surface area contributed by atoms with Crippen LogP contribution in [0.25, 0.3) is 0 Å². The van der Waals surface area contributed by atoms with Gasteiger partial charge in [0.1, 0.15) is 0 Å². The predicted molar refractivity (Wildman–Crippen MR) is 63.6 cm³/mol. The minimum absolute atomic E-state index is 0.572. The van der Waals surface area contributed by atoms with Gasteiger partial charge < -0.3 is 0 Å². The predicted octanol–water partition coefficient (Wildman–Crippen LogP) is 3.83. The normalized spacial score (nSPS) is 29.4. The topological polar surface area (TPSA) is 3.24 Å². The summed E-state index contributed by atoms with van der Waals surface area (Å²) in [5.74, 6) is 0. The third kappa shape index (κ3) is 2.50. The maximum atomic E-state index is 2.78. The molecule has 1 aliphatic rings. The van der Waals surface area contributed by atoms with Crippen molar-refractivity contribution >= 4 is 0 Å². The van der Waals surface area contributed by atoms with Gasteiger partial charge in [0.2, 0.25) is 0 Å². The van der Waals surface area contributed by atoms with Gasteiger partial charge in [-0.3, -0.25) is 4.90 Å². The summed E-state index contributed by atoms with van der Waals surface area (Å²) in [5.41, 5.74) is 0.572. The second-order valence-electron chi connectivity index (χ2n) is 4.77. The quantitative estimate of drug-likeness (QED) is 0.647. The molecule has 1 rings (SSSR count). The van der Waals surface area contributed by atoms with E-state index in [1.165, 1.54) is 58.0 Å². The van der Waals surface area contributed by atoms with Crippen LogP contribution in [0.5, 0.6) is 0 Å². The molecule has 1 heteroatoms. The summed E-state index contributed by atoms with van der Waals surface area (Å²) in [6.45, 7) is 9.68. The fourth-order valence-corrected chi connectivity index (χ4v) is 3.10. The molecule has 0 bridgehead atoms. The molecule has 0 amide bonds. The number of piperidine rings is 1. The van der Waals surface area contributed by atoms with E-state index >= 15 is 0 Å². The maximum Gasteiger partial charge on any atom is 0.0206 e. The van der Waals surface area contributed by atoms with Crippen LogP contribution in [-0.4, -0.2) is 23.5 Å². The molecule has 1 unspecified atom stereocenters. The van der Waals surface area contributed by atoms with E-state index in [1.54, 1.807) is 0 Å². The largest absolute Gasteiger partial charge is 0.298 e. The van der Waals surface area contributed by atoms with Crippen LogP contribution in [0.15, 0.2) is 0 Å². The second kappa shape index (κ2) is 5.75. The smallest absolute Gasteiger partial charge is 0.0206 e. The van der Waals surface area contributed by atoms with E-state index in [2.05, 4.69) is 25.7 Å².